The molecule has 1 aliphatic rings. The van der Waals surface area contributed by atoms with Crippen LogP contribution in [0.25, 0.3) is 0 Å². The first-order chi connectivity index (χ1) is 13.0. The van der Waals surface area contributed by atoms with Gasteiger partial charge in [-0.25, -0.2) is 0 Å². The van der Waals surface area contributed by atoms with Crippen LogP contribution in [0.1, 0.15) is 93.2 Å². The third-order valence-electron chi connectivity index (χ3n) is 5.15. The number of nitrogens with zero attached hydrogens (tertiary/aromatic N) is 1. The van der Waals surface area contributed by atoms with E-state index in [1.807, 2.05) is 20.8 Å². The molecule has 0 amide bonds. The van der Waals surface area contributed by atoms with Crippen LogP contribution in [0.3, 0.4) is 0 Å². The van der Waals surface area contributed by atoms with E-state index in [-0.39, 0.29) is 0 Å². The molecule has 0 atom stereocenters. The van der Waals surface area contributed by atoms with Crippen molar-refractivity contribution in [1.29, 1.82) is 0 Å². The molecule has 1 aromatic heterocycles. The molecule has 27 heavy (non-hydrogen) atoms. The third-order valence-corrected chi connectivity index (χ3v) is 6.00. The van der Waals surface area contributed by atoms with Crippen LogP contribution in [0.2, 0.25) is 0 Å². The summed E-state index contributed by atoms with van der Waals surface area (Å²) in [5.41, 5.74) is 6.79. The van der Waals surface area contributed by atoms with Crippen molar-refractivity contribution in [2.24, 2.45) is 0 Å². The average molecular weight is 432 g/mol. The maximum absolute atomic E-state index is 4.35. The Bertz CT molecular complexity index is 655. The number of aromatic nitrogens is 1. The molecule has 150 valence electrons. The second-order valence-electron chi connectivity index (χ2n) is 7.35. The predicted molar refractivity (Wildman–Crippen MR) is 124 cm³/mol. The topological polar surface area (TPSA) is 12.9 Å². The summed E-state index contributed by atoms with van der Waals surface area (Å²) in [5.74, 6) is 0.793. The van der Waals surface area contributed by atoms with E-state index in [2.05, 4.69) is 72.1 Å². The SMILES string of the molecule is CC.CCCc1cc(C)c(Br)cc1C.Cc1ccc(C2CCCCC2)cn1. The summed E-state index contributed by atoms with van der Waals surface area (Å²) in [7, 11) is 0. The molecule has 0 bridgehead atoms. The molecule has 1 saturated carbocycles. The van der Waals surface area contributed by atoms with Gasteiger partial charge in [0.1, 0.15) is 0 Å². The van der Waals surface area contributed by atoms with E-state index in [1.165, 1.54) is 71.7 Å². The molecule has 1 fully saturated rings. The average Bonchev–Trinajstić information content (AvgIpc) is 2.70. The monoisotopic (exact) mass is 431 g/mol. The van der Waals surface area contributed by atoms with Gasteiger partial charge in [0.05, 0.1) is 0 Å². The van der Waals surface area contributed by atoms with Crippen LogP contribution in [0.15, 0.2) is 34.9 Å². The minimum Gasteiger partial charge on any atom is -0.261 e. The van der Waals surface area contributed by atoms with Crippen molar-refractivity contribution in [1.82, 2.24) is 4.98 Å². The quantitative estimate of drug-likeness (QED) is 0.474. The van der Waals surface area contributed by atoms with Crippen molar-refractivity contribution >= 4 is 15.9 Å². The lowest BCUT2D eigenvalue weighted by molar-refractivity contribution is 0.443. The van der Waals surface area contributed by atoms with Crippen LogP contribution in [0, 0.1) is 20.8 Å². The number of aryl methyl sites for hydroxylation is 4. The summed E-state index contributed by atoms with van der Waals surface area (Å²) < 4.78 is 1.22. The van der Waals surface area contributed by atoms with Gasteiger partial charge in [0.2, 0.25) is 0 Å². The highest BCUT2D eigenvalue weighted by atomic mass is 79.9. The predicted octanol–water partition coefficient (Wildman–Crippen LogP) is 8.48. The fourth-order valence-electron chi connectivity index (χ4n) is 3.54. The molecule has 0 aliphatic heterocycles. The van der Waals surface area contributed by atoms with Crippen LogP contribution < -0.4 is 0 Å². The highest BCUT2D eigenvalue weighted by molar-refractivity contribution is 9.10. The standard InChI is InChI=1S/C12H17N.C11H15Br.C2H6/c1-10-7-8-12(9-13-10)11-5-3-2-4-6-11;1-4-5-10-6-9(3)11(12)7-8(10)2;1-2/h7-9,11H,2-6H2,1H3;6-7H,4-5H2,1-3H3;1-2H3. The summed E-state index contributed by atoms with van der Waals surface area (Å²) in [6, 6.07) is 8.87. The molecule has 0 unspecified atom stereocenters. The number of pyridine rings is 1. The van der Waals surface area contributed by atoms with Gasteiger partial charge in [0.25, 0.3) is 0 Å². The van der Waals surface area contributed by atoms with Crippen molar-refractivity contribution in [3.8, 4) is 0 Å². The van der Waals surface area contributed by atoms with Gasteiger partial charge < -0.3 is 0 Å². The van der Waals surface area contributed by atoms with E-state index in [0.29, 0.717) is 0 Å². The van der Waals surface area contributed by atoms with E-state index >= 15 is 0 Å². The first-order valence-electron chi connectivity index (χ1n) is 10.7. The lowest BCUT2D eigenvalue weighted by atomic mass is 9.85. The second-order valence-corrected chi connectivity index (χ2v) is 8.20. The summed E-state index contributed by atoms with van der Waals surface area (Å²) in [4.78, 5) is 4.35. The van der Waals surface area contributed by atoms with Crippen molar-refractivity contribution in [2.75, 3.05) is 0 Å². The lowest BCUT2D eigenvalue weighted by Gasteiger charge is -2.21. The van der Waals surface area contributed by atoms with Crippen molar-refractivity contribution in [3.05, 3.63) is 62.9 Å². The fourth-order valence-corrected chi connectivity index (χ4v) is 3.99. The molecular formula is C25H38BrN. The largest absolute Gasteiger partial charge is 0.261 e. The summed E-state index contributed by atoms with van der Waals surface area (Å²) in [5, 5.41) is 0. The zero-order valence-corrected chi connectivity index (χ0v) is 19.8. The first-order valence-corrected chi connectivity index (χ1v) is 11.5. The maximum Gasteiger partial charge on any atom is 0.0372 e. The molecule has 1 heterocycles. The number of benzene rings is 1. The van der Waals surface area contributed by atoms with E-state index in [1.54, 1.807) is 0 Å². The molecule has 0 N–H and O–H groups in total. The van der Waals surface area contributed by atoms with Crippen LogP contribution in [-0.4, -0.2) is 4.98 Å². The Kier molecular flexibility index (Phi) is 11.6. The zero-order chi connectivity index (χ0) is 20.2. The Morgan fingerprint density at radius 2 is 1.63 bits per heavy atom. The highest BCUT2D eigenvalue weighted by Crippen LogP contribution is 2.32. The van der Waals surface area contributed by atoms with E-state index in [4.69, 9.17) is 0 Å². The van der Waals surface area contributed by atoms with Crippen molar-refractivity contribution in [3.63, 3.8) is 0 Å². The summed E-state index contributed by atoms with van der Waals surface area (Å²) in [6.45, 7) is 12.6. The molecule has 1 nitrogen and oxygen atoms in total. The van der Waals surface area contributed by atoms with Crippen LogP contribution in [0.5, 0.6) is 0 Å². The van der Waals surface area contributed by atoms with Gasteiger partial charge in [-0.2, -0.15) is 0 Å². The number of hydrogen-bond donors (Lipinski definition) is 0. The van der Waals surface area contributed by atoms with Gasteiger partial charge in [0.15, 0.2) is 0 Å². The number of rotatable bonds is 3. The number of halogens is 1. The van der Waals surface area contributed by atoms with Gasteiger partial charge in [0, 0.05) is 16.4 Å². The Labute approximate surface area is 176 Å². The number of hydrogen-bond acceptors (Lipinski definition) is 1. The Morgan fingerprint density at radius 3 is 2.19 bits per heavy atom. The lowest BCUT2D eigenvalue weighted by Crippen LogP contribution is -2.04. The highest BCUT2D eigenvalue weighted by Gasteiger charge is 2.15. The Balaban J connectivity index is 0.000000248. The molecular weight excluding hydrogens is 394 g/mol. The molecule has 1 aliphatic carbocycles. The molecule has 0 radical (unpaired) electrons. The van der Waals surface area contributed by atoms with Crippen molar-refractivity contribution < 1.29 is 0 Å². The van der Waals surface area contributed by atoms with Crippen LogP contribution >= 0.6 is 15.9 Å². The first kappa shape index (κ1) is 23.9. The minimum absolute atomic E-state index is 0.793. The smallest absolute Gasteiger partial charge is 0.0372 e. The normalized spacial score (nSPS) is 13.9. The van der Waals surface area contributed by atoms with Gasteiger partial charge in [-0.1, -0.05) is 74.5 Å². The molecule has 2 aromatic rings. The summed E-state index contributed by atoms with van der Waals surface area (Å²) >= 11 is 3.53. The van der Waals surface area contributed by atoms with Crippen LogP contribution in [-0.2, 0) is 6.42 Å². The van der Waals surface area contributed by atoms with E-state index in [9.17, 15) is 0 Å². The molecule has 0 spiro atoms. The molecule has 1 aromatic carbocycles. The Hall–Kier alpha value is -1.15. The molecule has 2 heteroatoms. The van der Waals surface area contributed by atoms with Crippen LogP contribution in [0.4, 0.5) is 0 Å². The maximum atomic E-state index is 4.35. The van der Waals surface area contributed by atoms with Gasteiger partial charge >= 0.3 is 0 Å². The van der Waals surface area contributed by atoms with Gasteiger partial charge in [-0.15, -0.1) is 0 Å². The minimum atomic E-state index is 0.793. The Morgan fingerprint density at radius 1 is 0.963 bits per heavy atom. The molecule has 0 saturated heterocycles. The van der Waals surface area contributed by atoms with E-state index in [0.717, 1.165) is 11.6 Å². The zero-order valence-electron chi connectivity index (χ0n) is 18.2. The second kappa shape index (κ2) is 13.1. The van der Waals surface area contributed by atoms with Crippen molar-refractivity contribution in [2.45, 2.75) is 92.4 Å². The molecule has 3 rings (SSSR count). The van der Waals surface area contributed by atoms with E-state index < -0.39 is 0 Å². The third kappa shape index (κ3) is 8.17. The fraction of sp³-hybridized carbons (Fsp3) is 0.560. The van der Waals surface area contributed by atoms with Gasteiger partial charge in [-0.3, -0.25) is 4.98 Å². The van der Waals surface area contributed by atoms with Gasteiger partial charge in [-0.05, 0) is 80.3 Å². The summed E-state index contributed by atoms with van der Waals surface area (Å²) in [6.07, 6.45) is 11.4.